The van der Waals surface area contributed by atoms with E-state index in [9.17, 15) is 0 Å². The van der Waals surface area contributed by atoms with Crippen molar-refractivity contribution in [3.63, 3.8) is 0 Å². The highest BCUT2D eigenvalue weighted by molar-refractivity contribution is 14.0. The minimum atomic E-state index is 0. The van der Waals surface area contributed by atoms with Crippen molar-refractivity contribution in [2.24, 2.45) is 10.9 Å². The lowest BCUT2D eigenvalue weighted by atomic mass is 10.1. The predicted molar refractivity (Wildman–Crippen MR) is 122 cm³/mol. The van der Waals surface area contributed by atoms with Crippen LogP contribution < -0.4 is 24.8 Å². The number of fused-ring (bicyclic) bond motifs is 1. The highest BCUT2D eigenvalue weighted by Gasteiger charge is 2.15. The summed E-state index contributed by atoms with van der Waals surface area (Å²) >= 11 is 0. The van der Waals surface area contributed by atoms with E-state index in [4.69, 9.17) is 23.7 Å². The molecule has 0 spiro atoms. The van der Waals surface area contributed by atoms with Gasteiger partial charge in [-0.3, -0.25) is 4.99 Å². The molecule has 0 amide bonds. The van der Waals surface area contributed by atoms with Crippen molar-refractivity contribution in [1.82, 2.24) is 10.6 Å². The standard InChI is InChI=1S/C20H31N3O5.HI/c1-2-21-20(22-7-3-9-24-13-16-6-10-25-14-16)23-8-11-26-17-4-5-18-19(12-17)28-15-27-18;/h4-5,12,16H,2-3,6-11,13-15H2,1H3,(H2,21,22,23);1H. The van der Waals surface area contributed by atoms with Crippen molar-refractivity contribution in [1.29, 1.82) is 0 Å². The van der Waals surface area contributed by atoms with Crippen LogP contribution >= 0.6 is 24.0 Å². The largest absolute Gasteiger partial charge is 0.492 e. The normalized spacial score (nSPS) is 17.7. The van der Waals surface area contributed by atoms with Gasteiger partial charge in [0, 0.05) is 38.3 Å². The summed E-state index contributed by atoms with van der Waals surface area (Å²) in [6, 6.07) is 5.59. The molecule has 2 aliphatic rings. The van der Waals surface area contributed by atoms with Crippen LogP contribution in [0, 0.1) is 5.92 Å². The van der Waals surface area contributed by atoms with E-state index in [2.05, 4.69) is 15.6 Å². The number of guanidine groups is 1. The number of nitrogens with zero attached hydrogens (tertiary/aromatic N) is 1. The van der Waals surface area contributed by atoms with Crippen molar-refractivity contribution < 1.29 is 23.7 Å². The van der Waals surface area contributed by atoms with Gasteiger partial charge < -0.3 is 34.3 Å². The minimum Gasteiger partial charge on any atom is -0.492 e. The van der Waals surface area contributed by atoms with Crippen molar-refractivity contribution in [3.05, 3.63) is 18.2 Å². The Labute approximate surface area is 189 Å². The molecule has 0 saturated carbocycles. The number of nitrogens with one attached hydrogen (secondary N) is 2. The topological polar surface area (TPSA) is 82.6 Å². The highest BCUT2D eigenvalue weighted by atomic mass is 127. The maximum absolute atomic E-state index is 5.76. The van der Waals surface area contributed by atoms with Crippen LogP contribution in [-0.2, 0) is 9.47 Å². The molecule has 1 fully saturated rings. The second-order valence-electron chi connectivity index (χ2n) is 6.71. The zero-order valence-corrected chi connectivity index (χ0v) is 19.3. The molecule has 0 bridgehead atoms. The van der Waals surface area contributed by atoms with Gasteiger partial charge in [0.25, 0.3) is 0 Å². The Kier molecular flexibility index (Phi) is 11.3. The van der Waals surface area contributed by atoms with E-state index in [0.29, 0.717) is 19.1 Å². The number of hydrogen-bond acceptors (Lipinski definition) is 6. The Balaban J connectivity index is 0.00000300. The fourth-order valence-electron chi connectivity index (χ4n) is 2.97. The molecule has 29 heavy (non-hydrogen) atoms. The van der Waals surface area contributed by atoms with Crippen molar-refractivity contribution in [2.75, 3.05) is 59.5 Å². The van der Waals surface area contributed by atoms with E-state index in [-0.39, 0.29) is 30.8 Å². The van der Waals surface area contributed by atoms with Crippen molar-refractivity contribution in [3.8, 4) is 17.2 Å². The second-order valence-corrected chi connectivity index (χ2v) is 6.71. The first-order valence-corrected chi connectivity index (χ1v) is 10.0. The van der Waals surface area contributed by atoms with Gasteiger partial charge in [-0.1, -0.05) is 0 Å². The van der Waals surface area contributed by atoms with Crippen LogP contribution in [0.4, 0.5) is 0 Å². The molecule has 0 radical (unpaired) electrons. The van der Waals surface area contributed by atoms with Gasteiger partial charge in [-0.2, -0.15) is 0 Å². The highest BCUT2D eigenvalue weighted by Crippen LogP contribution is 2.34. The zero-order chi connectivity index (χ0) is 19.4. The summed E-state index contributed by atoms with van der Waals surface area (Å²) in [5.74, 6) is 3.60. The smallest absolute Gasteiger partial charge is 0.231 e. The van der Waals surface area contributed by atoms with Crippen LogP contribution in [0.1, 0.15) is 19.8 Å². The number of hydrogen-bond donors (Lipinski definition) is 2. The van der Waals surface area contributed by atoms with Gasteiger partial charge in [0.15, 0.2) is 17.5 Å². The zero-order valence-electron chi connectivity index (χ0n) is 17.0. The lowest BCUT2D eigenvalue weighted by Gasteiger charge is -2.12. The van der Waals surface area contributed by atoms with Gasteiger partial charge in [-0.25, -0.2) is 0 Å². The molecule has 0 aliphatic carbocycles. The van der Waals surface area contributed by atoms with Gasteiger partial charge in [0.05, 0.1) is 19.8 Å². The summed E-state index contributed by atoms with van der Waals surface area (Å²) in [6.45, 7) is 8.25. The third-order valence-corrected chi connectivity index (χ3v) is 4.45. The molecule has 2 heterocycles. The maximum atomic E-state index is 5.76. The molecule has 3 rings (SSSR count). The van der Waals surface area contributed by atoms with E-state index in [1.54, 1.807) is 0 Å². The average Bonchev–Trinajstić information content (AvgIpc) is 3.39. The van der Waals surface area contributed by atoms with Crippen molar-refractivity contribution >= 4 is 29.9 Å². The molecule has 164 valence electrons. The Morgan fingerprint density at radius 1 is 1.21 bits per heavy atom. The Bertz CT molecular complexity index is 626. The molecule has 1 unspecified atom stereocenters. The molecule has 2 aliphatic heterocycles. The summed E-state index contributed by atoms with van der Waals surface area (Å²) in [5.41, 5.74) is 0. The van der Waals surface area contributed by atoms with Gasteiger partial charge in [-0.05, 0) is 31.9 Å². The Morgan fingerprint density at radius 3 is 2.93 bits per heavy atom. The van der Waals surface area contributed by atoms with Crippen LogP contribution in [0.15, 0.2) is 23.2 Å². The lowest BCUT2D eigenvalue weighted by molar-refractivity contribution is 0.0893. The summed E-state index contributed by atoms with van der Waals surface area (Å²) in [4.78, 5) is 4.57. The SMILES string of the molecule is CCNC(=NCCCOCC1CCOC1)NCCOc1ccc2c(c1)OCO2.I. The molecule has 1 saturated heterocycles. The summed E-state index contributed by atoms with van der Waals surface area (Å²) in [6.07, 6.45) is 2.01. The summed E-state index contributed by atoms with van der Waals surface area (Å²) in [7, 11) is 0. The Hall–Kier alpha value is -1.46. The molecule has 0 aromatic heterocycles. The fourth-order valence-corrected chi connectivity index (χ4v) is 2.97. The first-order valence-electron chi connectivity index (χ1n) is 10.0. The van der Waals surface area contributed by atoms with Crippen LogP contribution in [0.25, 0.3) is 0 Å². The number of benzene rings is 1. The van der Waals surface area contributed by atoms with E-state index in [1.807, 2.05) is 25.1 Å². The van der Waals surface area contributed by atoms with Gasteiger partial charge in [-0.15, -0.1) is 24.0 Å². The summed E-state index contributed by atoms with van der Waals surface area (Å²) in [5, 5.41) is 6.52. The summed E-state index contributed by atoms with van der Waals surface area (Å²) < 4.78 is 27.5. The van der Waals surface area contributed by atoms with E-state index in [0.717, 1.165) is 75.6 Å². The monoisotopic (exact) mass is 521 g/mol. The first-order chi connectivity index (χ1) is 13.8. The molecular formula is C20H32IN3O5. The van der Waals surface area contributed by atoms with Crippen LogP contribution in [0.2, 0.25) is 0 Å². The van der Waals surface area contributed by atoms with Crippen LogP contribution in [-0.4, -0.2) is 65.4 Å². The third-order valence-electron chi connectivity index (χ3n) is 4.45. The Morgan fingerprint density at radius 2 is 2.10 bits per heavy atom. The van der Waals surface area contributed by atoms with Crippen LogP contribution in [0.5, 0.6) is 17.2 Å². The molecule has 1 atom stereocenters. The van der Waals surface area contributed by atoms with Crippen molar-refractivity contribution in [2.45, 2.75) is 19.8 Å². The minimum absolute atomic E-state index is 0. The fraction of sp³-hybridized carbons (Fsp3) is 0.650. The molecule has 1 aromatic carbocycles. The molecular weight excluding hydrogens is 489 g/mol. The van der Waals surface area contributed by atoms with Gasteiger partial charge in [0.2, 0.25) is 6.79 Å². The predicted octanol–water partition coefficient (Wildman–Crippen LogP) is 2.41. The second kappa shape index (κ2) is 13.7. The number of ether oxygens (including phenoxy) is 5. The number of aliphatic imine (C=N–C) groups is 1. The lowest BCUT2D eigenvalue weighted by Crippen LogP contribution is -2.39. The molecule has 8 nitrogen and oxygen atoms in total. The quantitative estimate of drug-likeness (QED) is 0.200. The van der Waals surface area contributed by atoms with Crippen LogP contribution in [0.3, 0.4) is 0 Å². The van der Waals surface area contributed by atoms with Gasteiger partial charge in [0.1, 0.15) is 12.4 Å². The van der Waals surface area contributed by atoms with E-state index >= 15 is 0 Å². The first kappa shape index (κ1) is 23.8. The average molecular weight is 521 g/mol. The molecule has 1 aromatic rings. The number of rotatable bonds is 11. The van der Waals surface area contributed by atoms with Gasteiger partial charge >= 0.3 is 0 Å². The maximum Gasteiger partial charge on any atom is 0.231 e. The van der Waals surface area contributed by atoms with E-state index < -0.39 is 0 Å². The number of halogens is 1. The third kappa shape index (κ3) is 8.43. The molecule has 9 heteroatoms. The molecule has 2 N–H and O–H groups in total. The van der Waals surface area contributed by atoms with E-state index in [1.165, 1.54) is 0 Å².